The second-order valence-electron chi connectivity index (χ2n) is 10.1. The number of piperidine rings is 1. The van der Waals surface area contributed by atoms with Crippen LogP contribution < -0.4 is 0 Å². The van der Waals surface area contributed by atoms with Crippen molar-refractivity contribution >= 4 is 41.1 Å². The van der Waals surface area contributed by atoms with Crippen LogP contribution in [-0.2, 0) is 16.0 Å². The molecule has 1 N–H and O–H groups in total. The van der Waals surface area contributed by atoms with Crippen LogP contribution in [0.3, 0.4) is 0 Å². The average Bonchev–Trinajstić information content (AvgIpc) is 3.30. The fourth-order valence-corrected chi connectivity index (χ4v) is 6.29. The summed E-state index contributed by atoms with van der Waals surface area (Å²) in [5, 5.41) is 10.2. The monoisotopic (exact) mass is 559 g/mol. The Labute approximate surface area is 232 Å². The zero-order valence-corrected chi connectivity index (χ0v) is 22.6. The van der Waals surface area contributed by atoms with E-state index in [-0.39, 0.29) is 23.8 Å². The summed E-state index contributed by atoms with van der Waals surface area (Å²) in [7, 11) is 0. The van der Waals surface area contributed by atoms with Crippen molar-refractivity contribution in [3.8, 4) is 11.1 Å². The van der Waals surface area contributed by atoms with Gasteiger partial charge in [-0.3, -0.25) is 9.59 Å². The third-order valence-electron chi connectivity index (χ3n) is 7.88. The molecule has 5 rings (SSSR count). The minimum Gasteiger partial charge on any atom is -0.465 e. The molecule has 0 bridgehead atoms. The highest BCUT2D eigenvalue weighted by Crippen LogP contribution is 2.36. The Morgan fingerprint density at radius 1 is 0.868 bits per heavy atom. The molecular formula is C28H31Cl2N3O5. The number of rotatable bonds is 5. The highest BCUT2D eigenvalue weighted by molar-refractivity contribution is 6.36. The highest BCUT2D eigenvalue weighted by atomic mass is 35.5. The van der Waals surface area contributed by atoms with Gasteiger partial charge in [0.1, 0.15) is 0 Å². The van der Waals surface area contributed by atoms with E-state index in [1.807, 2.05) is 41.3 Å². The molecule has 2 aromatic rings. The smallest absolute Gasteiger partial charge is 0.407 e. The number of carbonyl (C=O) groups is 3. The third kappa shape index (κ3) is 5.63. The zero-order chi connectivity index (χ0) is 26.8. The summed E-state index contributed by atoms with van der Waals surface area (Å²) in [6, 6.07) is 11.2. The van der Waals surface area contributed by atoms with Crippen molar-refractivity contribution in [3.05, 3.63) is 57.6 Å². The number of morpholine rings is 1. The molecule has 3 fully saturated rings. The van der Waals surface area contributed by atoms with Gasteiger partial charge in [-0.2, -0.15) is 0 Å². The van der Waals surface area contributed by atoms with Crippen LogP contribution >= 0.6 is 23.2 Å². The van der Waals surface area contributed by atoms with Crippen molar-refractivity contribution < 1.29 is 24.2 Å². The van der Waals surface area contributed by atoms with Gasteiger partial charge in [-0.1, -0.05) is 35.3 Å². The minimum absolute atomic E-state index is 0.00558. The second kappa shape index (κ2) is 11.5. The van der Waals surface area contributed by atoms with Crippen molar-refractivity contribution in [2.45, 2.75) is 31.7 Å². The number of hydrogen-bond acceptors (Lipinski definition) is 4. The molecule has 3 saturated heterocycles. The molecule has 3 aliphatic rings. The van der Waals surface area contributed by atoms with Crippen LogP contribution in [0.15, 0.2) is 36.4 Å². The van der Waals surface area contributed by atoms with Gasteiger partial charge in [-0.05, 0) is 66.6 Å². The predicted molar refractivity (Wildman–Crippen MR) is 145 cm³/mol. The van der Waals surface area contributed by atoms with Crippen LogP contribution in [0.5, 0.6) is 0 Å². The van der Waals surface area contributed by atoms with Crippen molar-refractivity contribution in [1.29, 1.82) is 0 Å². The van der Waals surface area contributed by atoms with Gasteiger partial charge in [0.25, 0.3) is 5.91 Å². The quantitative estimate of drug-likeness (QED) is 0.575. The molecule has 0 saturated carbocycles. The van der Waals surface area contributed by atoms with E-state index >= 15 is 0 Å². The van der Waals surface area contributed by atoms with E-state index in [2.05, 4.69) is 0 Å². The Bertz CT molecular complexity index is 1180. The Hall–Kier alpha value is -2.81. The van der Waals surface area contributed by atoms with Gasteiger partial charge < -0.3 is 24.5 Å². The number of likely N-dealkylation sites (tertiary alicyclic amines) is 2. The molecule has 0 aromatic heterocycles. The van der Waals surface area contributed by atoms with Crippen LogP contribution in [0.25, 0.3) is 11.1 Å². The molecule has 3 heterocycles. The molecule has 1 atom stereocenters. The lowest BCUT2D eigenvalue weighted by atomic mass is 9.95. The molecule has 2 aromatic carbocycles. The topological polar surface area (TPSA) is 90.4 Å². The van der Waals surface area contributed by atoms with Crippen LogP contribution in [0.2, 0.25) is 10.0 Å². The Morgan fingerprint density at radius 2 is 1.50 bits per heavy atom. The lowest BCUT2D eigenvalue weighted by molar-refractivity contribution is -0.133. The van der Waals surface area contributed by atoms with Gasteiger partial charge in [0, 0.05) is 60.3 Å². The molecule has 202 valence electrons. The van der Waals surface area contributed by atoms with Crippen LogP contribution in [0, 0.1) is 5.92 Å². The number of carbonyl (C=O) groups excluding carboxylic acids is 2. The van der Waals surface area contributed by atoms with E-state index in [4.69, 9.17) is 27.9 Å². The zero-order valence-electron chi connectivity index (χ0n) is 21.1. The van der Waals surface area contributed by atoms with Gasteiger partial charge in [0.2, 0.25) is 5.91 Å². The van der Waals surface area contributed by atoms with Crippen molar-refractivity contribution in [2.24, 2.45) is 5.92 Å². The number of ether oxygens (including phenoxy) is 1. The molecular weight excluding hydrogens is 529 g/mol. The lowest BCUT2D eigenvalue weighted by Gasteiger charge is -2.35. The van der Waals surface area contributed by atoms with Gasteiger partial charge >= 0.3 is 6.09 Å². The van der Waals surface area contributed by atoms with Crippen LogP contribution in [0.1, 0.15) is 35.2 Å². The fraction of sp³-hybridized carbons (Fsp3) is 0.464. The number of amides is 3. The van der Waals surface area contributed by atoms with E-state index in [1.54, 1.807) is 4.90 Å². The molecule has 0 spiro atoms. The molecule has 0 radical (unpaired) electrons. The van der Waals surface area contributed by atoms with E-state index in [0.717, 1.165) is 23.1 Å². The maximum Gasteiger partial charge on any atom is 0.407 e. The average molecular weight is 560 g/mol. The number of nitrogens with zero attached hydrogens (tertiary/aromatic N) is 3. The van der Waals surface area contributed by atoms with Crippen molar-refractivity contribution in [3.63, 3.8) is 0 Å². The first kappa shape index (κ1) is 26.8. The SMILES string of the molecule is O=C(O)N1CCC(N2CC[C@@H](Cc3c(Cl)cc(-c4ccc(C(=O)N5CCOCC5)cc4)cc3Cl)C2=O)CC1. The molecule has 10 heteroatoms. The summed E-state index contributed by atoms with van der Waals surface area (Å²) in [5.41, 5.74) is 3.13. The van der Waals surface area contributed by atoms with E-state index < -0.39 is 6.09 Å². The molecule has 38 heavy (non-hydrogen) atoms. The van der Waals surface area contributed by atoms with Crippen molar-refractivity contribution in [2.75, 3.05) is 45.9 Å². The Balaban J connectivity index is 1.23. The van der Waals surface area contributed by atoms with Gasteiger partial charge in [0.05, 0.1) is 13.2 Å². The summed E-state index contributed by atoms with van der Waals surface area (Å²) < 4.78 is 5.33. The van der Waals surface area contributed by atoms with E-state index in [0.29, 0.717) is 80.8 Å². The number of halogens is 2. The summed E-state index contributed by atoms with van der Waals surface area (Å²) in [5.74, 6) is -0.108. The van der Waals surface area contributed by atoms with Crippen molar-refractivity contribution in [1.82, 2.24) is 14.7 Å². The summed E-state index contributed by atoms with van der Waals surface area (Å²) in [6.07, 6.45) is 1.62. The molecule has 8 nitrogen and oxygen atoms in total. The summed E-state index contributed by atoms with van der Waals surface area (Å²) >= 11 is 13.4. The standard InChI is InChI=1S/C28H31Cl2N3O5/c29-24-16-21(18-1-3-19(4-2-18)26(34)31-11-13-38-14-12-31)17-25(30)23(24)15-20-5-10-33(27(20)35)22-6-8-32(9-7-22)28(36)37/h1-4,16-17,20,22H,5-15H2,(H,36,37)/t20-/m0/s1. The molecule has 3 aliphatic heterocycles. The van der Waals surface area contributed by atoms with Crippen LogP contribution in [-0.4, -0.2) is 89.7 Å². The Morgan fingerprint density at radius 3 is 2.11 bits per heavy atom. The first-order chi connectivity index (χ1) is 18.3. The summed E-state index contributed by atoms with van der Waals surface area (Å²) in [4.78, 5) is 42.2. The van der Waals surface area contributed by atoms with Gasteiger partial charge in [-0.15, -0.1) is 0 Å². The Kier molecular flexibility index (Phi) is 8.12. The maximum atomic E-state index is 13.2. The predicted octanol–water partition coefficient (Wildman–Crippen LogP) is 4.67. The first-order valence-electron chi connectivity index (χ1n) is 13.1. The highest BCUT2D eigenvalue weighted by Gasteiger charge is 2.38. The normalized spacial score (nSPS) is 20.7. The van der Waals surface area contributed by atoms with Gasteiger partial charge in [0.15, 0.2) is 0 Å². The minimum atomic E-state index is -0.903. The largest absolute Gasteiger partial charge is 0.465 e. The van der Waals surface area contributed by atoms with E-state index in [9.17, 15) is 19.5 Å². The fourth-order valence-electron chi connectivity index (χ4n) is 5.65. The molecule has 0 unspecified atom stereocenters. The maximum absolute atomic E-state index is 13.2. The molecule has 3 amide bonds. The van der Waals surface area contributed by atoms with Crippen LogP contribution in [0.4, 0.5) is 4.79 Å². The first-order valence-corrected chi connectivity index (χ1v) is 13.8. The number of benzene rings is 2. The summed E-state index contributed by atoms with van der Waals surface area (Å²) in [6.45, 7) is 3.89. The number of hydrogen-bond donors (Lipinski definition) is 1. The molecule has 0 aliphatic carbocycles. The third-order valence-corrected chi connectivity index (χ3v) is 8.56. The number of carboxylic acid groups (broad SMARTS) is 1. The van der Waals surface area contributed by atoms with E-state index in [1.165, 1.54) is 4.90 Å². The van der Waals surface area contributed by atoms with Gasteiger partial charge in [-0.25, -0.2) is 4.79 Å². The second-order valence-corrected chi connectivity index (χ2v) is 10.9. The lowest BCUT2D eigenvalue weighted by Crippen LogP contribution is -2.47.